The molecule has 1 amide bonds. The first-order chi connectivity index (χ1) is 17.9. The minimum absolute atomic E-state index is 0.173. The Hall–Kier alpha value is -1.59. The SMILES string of the molecule is CCCCC(CC)CN1CC(=C2C(=O)N(CC(CC)CCCC)c3cc(Br)ccc32)c2ccc(Br)cc21. The second kappa shape index (κ2) is 13.0. The highest BCUT2D eigenvalue weighted by molar-refractivity contribution is 9.10. The average molecular weight is 631 g/mol. The Kier molecular flexibility index (Phi) is 9.97. The summed E-state index contributed by atoms with van der Waals surface area (Å²) in [4.78, 5) is 18.8. The highest BCUT2D eigenvalue weighted by Crippen LogP contribution is 2.47. The van der Waals surface area contributed by atoms with Crippen LogP contribution in [0.25, 0.3) is 11.1 Å². The summed E-state index contributed by atoms with van der Waals surface area (Å²) < 4.78 is 2.12. The van der Waals surface area contributed by atoms with Gasteiger partial charge in [0.25, 0.3) is 5.91 Å². The van der Waals surface area contributed by atoms with Gasteiger partial charge >= 0.3 is 0 Å². The fourth-order valence-electron chi connectivity index (χ4n) is 5.94. The molecule has 5 heteroatoms. The van der Waals surface area contributed by atoms with Crippen LogP contribution in [0.2, 0.25) is 0 Å². The Morgan fingerprint density at radius 3 is 1.95 bits per heavy atom. The maximum Gasteiger partial charge on any atom is 0.259 e. The molecule has 2 aromatic carbocycles. The van der Waals surface area contributed by atoms with Gasteiger partial charge in [0.1, 0.15) is 0 Å². The van der Waals surface area contributed by atoms with Crippen LogP contribution in [-0.2, 0) is 4.79 Å². The van der Waals surface area contributed by atoms with Crippen molar-refractivity contribution in [2.45, 2.75) is 79.1 Å². The minimum Gasteiger partial charge on any atom is -0.366 e. The molecule has 0 bridgehead atoms. The Bertz CT molecular complexity index is 1140. The molecule has 0 radical (unpaired) electrons. The quantitative estimate of drug-likeness (QED) is 0.218. The molecule has 0 saturated heterocycles. The third-order valence-corrected chi connectivity index (χ3v) is 9.25. The smallest absolute Gasteiger partial charge is 0.259 e. The van der Waals surface area contributed by atoms with Crippen molar-refractivity contribution in [1.29, 1.82) is 0 Å². The summed E-state index contributed by atoms with van der Waals surface area (Å²) in [5.41, 5.74) is 6.70. The number of unbranched alkanes of at least 4 members (excludes halogenated alkanes) is 2. The minimum atomic E-state index is 0.173. The van der Waals surface area contributed by atoms with Gasteiger partial charge in [-0.2, -0.15) is 0 Å². The van der Waals surface area contributed by atoms with Crippen molar-refractivity contribution in [3.05, 3.63) is 56.5 Å². The van der Waals surface area contributed by atoms with Crippen molar-refractivity contribution in [1.82, 2.24) is 0 Å². The van der Waals surface area contributed by atoms with E-state index in [1.807, 2.05) is 0 Å². The lowest BCUT2D eigenvalue weighted by Gasteiger charge is -2.25. The monoisotopic (exact) mass is 628 g/mol. The van der Waals surface area contributed by atoms with E-state index >= 15 is 0 Å². The first-order valence-electron chi connectivity index (χ1n) is 14.3. The van der Waals surface area contributed by atoms with Gasteiger partial charge in [-0.05, 0) is 54.5 Å². The third-order valence-electron chi connectivity index (χ3n) is 8.26. The lowest BCUT2D eigenvalue weighted by Crippen LogP contribution is -2.32. The topological polar surface area (TPSA) is 23.6 Å². The second-order valence-electron chi connectivity index (χ2n) is 10.8. The largest absolute Gasteiger partial charge is 0.366 e. The maximum atomic E-state index is 14.2. The molecule has 0 aromatic heterocycles. The molecule has 3 nitrogen and oxygen atoms in total. The first-order valence-corrected chi connectivity index (χ1v) is 15.9. The van der Waals surface area contributed by atoms with E-state index in [9.17, 15) is 4.79 Å². The van der Waals surface area contributed by atoms with Gasteiger partial charge in [-0.1, -0.05) is 110 Å². The van der Waals surface area contributed by atoms with Gasteiger partial charge in [0.15, 0.2) is 0 Å². The van der Waals surface area contributed by atoms with E-state index in [2.05, 4.69) is 106 Å². The van der Waals surface area contributed by atoms with Crippen molar-refractivity contribution >= 4 is 60.3 Å². The fraction of sp³-hybridized carbons (Fsp3) is 0.531. The van der Waals surface area contributed by atoms with E-state index in [1.54, 1.807) is 0 Å². The number of hydrogen-bond acceptors (Lipinski definition) is 2. The van der Waals surface area contributed by atoms with Crippen molar-refractivity contribution in [3.8, 4) is 0 Å². The first kappa shape index (κ1) is 28.4. The Balaban J connectivity index is 1.75. The molecule has 37 heavy (non-hydrogen) atoms. The van der Waals surface area contributed by atoms with Crippen LogP contribution in [0.3, 0.4) is 0 Å². The van der Waals surface area contributed by atoms with Crippen LogP contribution in [0, 0.1) is 11.8 Å². The van der Waals surface area contributed by atoms with E-state index in [0.29, 0.717) is 11.8 Å². The maximum absolute atomic E-state index is 14.2. The summed E-state index contributed by atoms with van der Waals surface area (Å²) in [5, 5.41) is 0. The summed E-state index contributed by atoms with van der Waals surface area (Å²) >= 11 is 7.38. The molecule has 0 N–H and O–H groups in total. The van der Waals surface area contributed by atoms with E-state index < -0.39 is 0 Å². The molecule has 0 fully saturated rings. The van der Waals surface area contributed by atoms with Gasteiger partial charge in [0.2, 0.25) is 0 Å². The Morgan fingerprint density at radius 1 is 0.784 bits per heavy atom. The lowest BCUT2D eigenvalue weighted by molar-refractivity contribution is -0.113. The molecular formula is C32H42Br2N2O. The molecule has 2 heterocycles. The summed E-state index contributed by atoms with van der Waals surface area (Å²) in [6, 6.07) is 12.9. The van der Waals surface area contributed by atoms with Crippen LogP contribution in [0.5, 0.6) is 0 Å². The van der Waals surface area contributed by atoms with Crippen LogP contribution in [0.15, 0.2) is 45.3 Å². The predicted octanol–water partition coefficient (Wildman–Crippen LogP) is 9.72. The van der Waals surface area contributed by atoms with Crippen LogP contribution in [0.4, 0.5) is 11.4 Å². The van der Waals surface area contributed by atoms with Gasteiger partial charge in [0, 0.05) is 45.4 Å². The summed E-state index contributed by atoms with van der Waals surface area (Å²) in [6.45, 7) is 11.7. The molecule has 2 aromatic rings. The van der Waals surface area contributed by atoms with Crippen molar-refractivity contribution < 1.29 is 4.79 Å². The number of fused-ring (bicyclic) bond motifs is 2. The van der Waals surface area contributed by atoms with Crippen molar-refractivity contribution in [2.24, 2.45) is 11.8 Å². The third kappa shape index (κ3) is 6.19. The zero-order chi connectivity index (χ0) is 26.5. The number of anilines is 2. The lowest BCUT2D eigenvalue weighted by atomic mass is 9.97. The number of carbonyl (C=O) groups excluding carboxylic acids is 1. The normalized spacial score (nSPS) is 18.4. The van der Waals surface area contributed by atoms with Gasteiger partial charge < -0.3 is 9.80 Å². The number of carbonyl (C=O) groups is 1. The standard InChI is InChI=1S/C32H42Br2N2O/c1-5-9-11-22(7-3)19-35-21-28(26-15-13-24(33)17-29(26)35)31-27-16-14-25(34)18-30(27)36(32(31)37)20-23(8-4)12-10-6-2/h13-18,22-23H,5-12,19-21H2,1-4H3. The molecule has 2 atom stereocenters. The molecule has 4 rings (SSSR count). The molecule has 2 aliphatic heterocycles. The van der Waals surface area contributed by atoms with Crippen molar-refractivity contribution in [3.63, 3.8) is 0 Å². The van der Waals surface area contributed by atoms with E-state index in [0.717, 1.165) is 51.8 Å². The zero-order valence-electron chi connectivity index (χ0n) is 23.0. The molecule has 0 spiro atoms. The number of nitrogens with zero attached hydrogens (tertiary/aromatic N) is 2. The predicted molar refractivity (Wildman–Crippen MR) is 166 cm³/mol. The van der Waals surface area contributed by atoms with Crippen LogP contribution in [0.1, 0.15) is 90.2 Å². The number of benzene rings is 2. The molecule has 0 saturated carbocycles. The summed E-state index contributed by atoms with van der Waals surface area (Å²) in [5.74, 6) is 1.36. The van der Waals surface area contributed by atoms with Crippen molar-refractivity contribution in [2.75, 3.05) is 29.4 Å². The van der Waals surface area contributed by atoms with Crippen LogP contribution in [-0.4, -0.2) is 25.5 Å². The number of rotatable bonds is 12. The molecule has 2 unspecified atom stereocenters. The van der Waals surface area contributed by atoms with Gasteiger partial charge in [-0.25, -0.2) is 0 Å². The van der Waals surface area contributed by atoms with Crippen LogP contribution >= 0.6 is 31.9 Å². The molecule has 2 aliphatic rings. The fourth-order valence-corrected chi connectivity index (χ4v) is 6.63. The zero-order valence-corrected chi connectivity index (χ0v) is 26.1. The summed E-state index contributed by atoms with van der Waals surface area (Å²) in [7, 11) is 0. The van der Waals surface area contributed by atoms with E-state index in [1.165, 1.54) is 61.8 Å². The average Bonchev–Trinajstić information content (AvgIpc) is 3.37. The van der Waals surface area contributed by atoms with Gasteiger partial charge in [0.05, 0.1) is 11.3 Å². The van der Waals surface area contributed by atoms with Gasteiger partial charge in [-0.15, -0.1) is 0 Å². The highest BCUT2D eigenvalue weighted by Gasteiger charge is 2.39. The van der Waals surface area contributed by atoms with Gasteiger partial charge in [-0.3, -0.25) is 4.79 Å². The van der Waals surface area contributed by atoms with E-state index in [-0.39, 0.29) is 5.91 Å². The number of hydrogen-bond donors (Lipinski definition) is 0. The Labute approximate surface area is 241 Å². The van der Waals surface area contributed by atoms with Crippen LogP contribution < -0.4 is 9.80 Å². The number of halogens is 2. The molecule has 200 valence electrons. The van der Waals surface area contributed by atoms with E-state index in [4.69, 9.17) is 0 Å². The number of amides is 1. The molecule has 0 aliphatic carbocycles. The molecular weight excluding hydrogens is 588 g/mol. The second-order valence-corrected chi connectivity index (χ2v) is 12.6. The Morgan fingerprint density at radius 2 is 1.35 bits per heavy atom. The highest BCUT2D eigenvalue weighted by atomic mass is 79.9. The summed E-state index contributed by atoms with van der Waals surface area (Å²) in [6.07, 6.45) is 9.64.